The molecule has 5 nitrogen and oxygen atoms in total. The highest BCUT2D eigenvalue weighted by Gasteiger charge is 2.30. The molecule has 2 N–H and O–H groups in total. The molecule has 6 heteroatoms. The van der Waals surface area contributed by atoms with Crippen molar-refractivity contribution in [2.75, 3.05) is 24.4 Å². The fourth-order valence-corrected chi connectivity index (χ4v) is 4.04. The first-order valence-corrected chi connectivity index (χ1v) is 8.38. The normalized spacial score (nSPS) is 20.9. The van der Waals surface area contributed by atoms with Crippen molar-refractivity contribution in [1.29, 1.82) is 0 Å². The monoisotopic (exact) mass is 297 g/mol. The third kappa shape index (κ3) is 3.13. The molecule has 0 bridgehead atoms. The van der Waals surface area contributed by atoms with Gasteiger partial charge < -0.3 is 5.73 Å². The number of rotatable bonds is 4. The summed E-state index contributed by atoms with van der Waals surface area (Å²) in [6.45, 7) is 3.77. The molecule has 1 heterocycles. The minimum atomic E-state index is -3.43. The van der Waals surface area contributed by atoms with Crippen molar-refractivity contribution in [3.8, 4) is 0 Å². The summed E-state index contributed by atoms with van der Waals surface area (Å²) in [4.78, 5) is 0. The van der Waals surface area contributed by atoms with E-state index in [1.54, 1.807) is 23.5 Å². The molecule has 0 amide bonds. The van der Waals surface area contributed by atoms with Crippen LogP contribution < -0.4 is 10.0 Å². The van der Waals surface area contributed by atoms with E-state index in [0.717, 1.165) is 18.4 Å². The van der Waals surface area contributed by atoms with Crippen LogP contribution in [0.1, 0.15) is 25.3 Å². The van der Waals surface area contributed by atoms with Crippen LogP contribution >= 0.6 is 0 Å². The lowest BCUT2D eigenvalue weighted by Crippen LogP contribution is -2.46. The van der Waals surface area contributed by atoms with Gasteiger partial charge in [-0.25, -0.2) is 0 Å². The smallest absolute Gasteiger partial charge is 0.303 e. The third-order valence-electron chi connectivity index (χ3n) is 3.83. The molecular weight excluding hydrogens is 274 g/mol. The van der Waals surface area contributed by atoms with Crippen molar-refractivity contribution in [2.24, 2.45) is 11.7 Å². The van der Waals surface area contributed by atoms with Crippen molar-refractivity contribution in [2.45, 2.75) is 26.3 Å². The Kier molecular flexibility index (Phi) is 4.67. The molecule has 0 aliphatic carbocycles. The topological polar surface area (TPSA) is 66.6 Å². The van der Waals surface area contributed by atoms with E-state index < -0.39 is 10.2 Å². The fourth-order valence-electron chi connectivity index (χ4n) is 2.50. The van der Waals surface area contributed by atoms with Crippen molar-refractivity contribution >= 4 is 15.9 Å². The fraction of sp³-hybridized carbons (Fsp3) is 0.571. The van der Waals surface area contributed by atoms with E-state index in [9.17, 15) is 8.42 Å². The number of nitrogens with zero attached hydrogens (tertiary/aromatic N) is 2. The summed E-state index contributed by atoms with van der Waals surface area (Å²) in [5.41, 5.74) is 7.21. The molecule has 1 aliphatic heterocycles. The molecule has 20 heavy (non-hydrogen) atoms. The standard InChI is InChI=1S/C14H23N3O2S/c1-12-4-3-9-17(11-12)20(18,19)16(2)14-7-5-13(10-15)6-8-14/h5-8,12H,3-4,9-11,15H2,1-2H3. The molecular formula is C14H23N3O2S. The summed E-state index contributed by atoms with van der Waals surface area (Å²) < 4.78 is 28.2. The SMILES string of the molecule is CC1CCCN(S(=O)(=O)N(C)c2ccc(CN)cc2)C1. The lowest BCUT2D eigenvalue weighted by atomic mass is 10.0. The molecule has 1 saturated heterocycles. The van der Waals surface area contributed by atoms with Crippen LogP contribution in [-0.2, 0) is 16.8 Å². The van der Waals surface area contributed by atoms with Gasteiger partial charge in [0.2, 0.25) is 0 Å². The van der Waals surface area contributed by atoms with E-state index in [2.05, 4.69) is 6.92 Å². The zero-order chi connectivity index (χ0) is 14.8. The van der Waals surface area contributed by atoms with E-state index in [0.29, 0.717) is 31.2 Å². The number of anilines is 1. The zero-order valence-corrected chi connectivity index (χ0v) is 12.9. The highest BCUT2D eigenvalue weighted by molar-refractivity contribution is 7.90. The van der Waals surface area contributed by atoms with E-state index in [-0.39, 0.29) is 0 Å². The van der Waals surface area contributed by atoms with Gasteiger partial charge in [0, 0.05) is 26.7 Å². The Morgan fingerprint density at radius 2 is 2.00 bits per heavy atom. The molecule has 112 valence electrons. The average Bonchev–Trinajstić information content (AvgIpc) is 2.46. The van der Waals surface area contributed by atoms with Gasteiger partial charge >= 0.3 is 10.2 Å². The predicted octanol–water partition coefficient (Wildman–Crippen LogP) is 1.56. The van der Waals surface area contributed by atoms with Gasteiger partial charge in [-0.1, -0.05) is 19.1 Å². The second-order valence-electron chi connectivity index (χ2n) is 5.45. The van der Waals surface area contributed by atoms with Crippen LogP contribution in [0.3, 0.4) is 0 Å². The first kappa shape index (κ1) is 15.3. The van der Waals surface area contributed by atoms with Crippen molar-refractivity contribution < 1.29 is 8.42 Å². The van der Waals surface area contributed by atoms with E-state index in [1.807, 2.05) is 12.1 Å². The van der Waals surface area contributed by atoms with Crippen molar-refractivity contribution in [3.05, 3.63) is 29.8 Å². The largest absolute Gasteiger partial charge is 0.326 e. The van der Waals surface area contributed by atoms with Gasteiger partial charge in [-0.05, 0) is 36.5 Å². The summed E-state index contributed by atoms with van der Waals surface area (Å²) >= 11 is 0. The Bertz CT molecular complexity index is 542. The van der Waals surface area contributed by atoms with Crippen LogP contribution in [0.25, 0.3) is 0 Å². The van der Waals surface area contributed by atoms with Crippen LogP contribution in [0.2, 0.25) is 0 Å². The number of benzene rings is 1. The number of piperidine rings is 1. The molecule has 0 aromatic heterocycles. The summed E-state index contributed by atoms with van der Waals surface area (Å²) in [6.07, 6.45) is 2.03. The van der Waals surface area contributed by atoms with Gasteiger partial charge in [-0.3, -0.25) is 4.31 Å². The number of nitrogens with two attached hydrogens (primary N) is 1. The number of hydrogen-bond donors (Lipinski definition) is 1. The Hall–Kier alpha value is -1.11. The molecule has 1 aromatic carbocycles. The zero-order valence-electron chi connectivity index (χ0n) is 12.1. The average molecular weight is 297 g/mol. The van der Waals surface area contributed by atoms with Crippen LogP contribution in [0.5, 0.6) is 0 Å². The summed E-state index contributed by atoms with van der Waals surface area (Å²) in [5.74, 6) is 0.423. The van der Waals surface area contributed by atoms with E-state index in [4.69, 9.17) is 5.73 Å². The molecule has 0 radical (unpaired) electrons. The molecule has 1 aliphatic rings. The highest BCUT2D eigenvalue weighted by Crippen LogP contribution is 2.24. The quantitative estimate of drug-likeness (QED) is 0.917. The van der Waals surface area contributed by atoms with Crippen molar-refractivity contribution in [1.82, 2.24) is 4.31 Å². The maximum Gasteiger partial charge on any atom is 0.303 e. The molecule has 1 atom stereocenters. The predicted molar refractivity (Wildman–Crippen MR) is 81.6 cm³/mol. The van der Waals surface area contributed by atoms with Gasteiger partial charge in [0.15, 0.2) is 0 Å². The van der Waals surface area contributed by atoms with Gasteiger partial charge in [-0.2, -0.15) is 12.7 Å². The molecule has 1 unspecified atom stereocenters. The maximum atomic E-state index is 12.6. The van der Waals surface area contributed by atoms with E-state index >= 15 is 0 Å². The molecule has 2 rings (SSSR count). The molecule has 1 aromatic rings. The van der Waals surface area contributed by atoms with Crippen LogP contribution in [0.4, 0.5) is 5.69 Å². The minimum absolute atomic E-state index is 0.423. The minimum Gasteiger partial charge on any atom is -0.326 e. The lowest BCUT2D eigenvalue weighted by Gasteiger charge is -2.33. The van der Waals surface area contributed by atoms with E-state index in [1.165, 1.54) is 4.31 Å². The highest BCUT2D eigenvalue weighted by atomic mass is 32.2. The number of hydrogen-bond acceptors (Lipinski definition) is 3. The Labute approximate surface area is 121 Å². The van der Waals surface area contributed by atoms with Crippen LogP contribution in [0.15, 0.2) is 24.3 Å². The van der Waals surface area contributed by atoms with Gasteiger partial charge in [-0.15, -0.1) is 0 Å². The second-order valence-corrected chi connectivity index (χ2v) is 7.41. The van der Waals surface area contributed by atoms with Crippen molar-refractivity contribution in [3.63, 3.8) is 0 Å². The van der Waals surface area contributed by atoms with Crippen LogP contribution in [0, 0.1) is 5.92 Å². The first-order valence-electron chi connectivity index (χ1n) is 6.98. The molecule has 0 saturated carbocycles. The van der Waals surface area contributed by atoms with Gasteiger partial charge in [0.1, 0.15) is 0 Å². The Morgan fingerprint density at radius 3 is 2.55 bits per heavy atom. The first-order chi connectivity index (χ1) is 9.45. The lowest BCUT2D eigenvalue weighted by molar-refractivity contribution is 0.281. The third-order valence-corrected chi connectivity index (χ3v) is 5.71. The summed E-state index contributed by atoms with van der Waals surface area (Å²) in [7, 11) is -1.83. The summed E-state index contributed by atoms with van der Waals surface area (Å²) in [6, 6.07) is 7.32. The molecule has 1 fully saturated rings. The Balaban J connectivity index is 2.19. The Morgan fingerprint density at radius 1 is 1.35 bits per heavy atom. The molecule has 0 spiro atoms. The maximum absolute atomic E-state index is 12.6. The van der Waals surface area contributed by atoms with Crippen LogP contribution in [-0.4, -0.2) is 32.9 Å². The van der Waals surface area contributed by atoms with Gasteiger partial charge in [0.25, 0.3) is 0 Å². The summed E-state index contributed by atoms with van der Waals surface area (Å²) in [5, 5.41) is 0. The van der Waals surface area contributed by atoms with Gasteiger partial charge in [0.05, 0.1) is 5.69 Å². The second kappa shape index (κ2) is 6.11.